The first-order chi connectivity index (χ1) is 13.9. The molecule has 5 nitrogen and oxygen atoms in total. The van der Waals surface area contributed by atoms with Crippen LogP contribution < -0.4 is 0 Å². The van der Waals surface area contributed by atoms with Crippen LogP contribution in [0.2, 0.25) is 0 Å². The van der Waals surface area contributed by atoms with Crippen molar-refractivity contribution in [2.24, 2.45) is 0 Å². The fourth-order valence-corrected chi connectivity index (χ4v) is 3.18. The van der Waals surface area contributed by atoms with Gasteiger partial charge in [-0.3, -0.25) is 9.59 Å². The molecule has 1 aliphatic rings. The molecule has 0 unspecified atom stereocenters. The number of hydrogen-bond acceptors (Lipinski definition) is 4. The molecule has 2 amide bonds. The van der Waals surface area contributed by atoms with Crippen LogP contribution in [-0.4, -0.2) is 22.8 Å². The van der Waals surface area contributed by atoms with Crippen LogP contribution in [0.25, 0.3) is 11.1 Å². The van der Waals surface area contributed by atoms with Gasteiger partial charge in [-0.1, -0.05) is 29.3 Å². The Morgan fingerprint density at radius 1 is 0.828 bits per heavy atom. The van der Waals surface area contributed by atoms with Gasteiger partial charge in [0.15, 0.2) is 0 Å². The zero-order valence-electron chi connectivity index (χ0n) is 15.1. The van der Waals surface area contributed by atoms with Gasteiger partial charge in [0, 0.05) is 5.56 Å². The lowest BCUT2D eigenvalue weighted by Crippen LogP contribution is -2.32. The molecule has 0 saturated heterocycles. The molecule has 144 valence electrons. The van der Waals surface area contributed by atoms with Gasteiger partial charge in [0.2, 0.25) is 0 Å². The standard InChI is InChI=1S/C22H13F2NO4/c1-12-10-14(23)7-9-15(12)16-8-6-13(11-19(16)24)22(28)29-25-20(26)17-4-2-3-5-18(17)21(25)27/h2-11H,1H3. The Labute approximate surface area is 164 Å². The number of carbonyl (C=O) groups excluding carboxylic acids is 3. The monoisotopic (exact) mass is 393 g/mol. The van der Waals surface area contributed by atoms with Crippen LogP contribution in [0.1, 0.15) is 36.6 Å². The van der Waals surface area contributed by atoms with Gasteiger partial charge in [-0.15, -0.1) is 0 Å². The molecule has 0 spiro atoms. The molecular weight excluding hydrogens is 380 g/mol. The molecule has 4 rings (SSSR count). The predicted octanol–water partition coefficient (Wildman–Crippen LogP) is 4.31. The Morgan fingerprint density at radius 2 is 1.45 bits per heavy atom. The van der Waals surface area contributed by atoms with Crippen molar-refractivity contribution in [2.45, 2.75) is 6.92 Å². The van der Waals surface area contributed by atoms with E-state index in [1.807, 2.05) is 0 Å². The van der Waals surface area contributed by atoms with E-state index in [1.165, 1.54) is 42.5 Å². The van der Waals surface area contributed by atoms with Crippen molar-refractivity contribution in [3.05, 3.63) is 94.6 Å². The quantitative estimate of drug-likeness (QED) is 0.622. The zero-order chi connectivity index (χ0) is 20.7. The molecule has 1 aliphatic heterocycles. The molecule has 0 atom stereocenters. The maximum atomic E-state index is 14.6. The molecule has 0 fully saturated rings. The molecule has 0 saturated carbocycles. The summed E-state index contributed by atoms with van der Waals surface area (Å²) >= 11 is 0. The van der Waals surface area contributed by atoms with Crippen molar-refractivity contribution in [3.8, 4) is 11.1 Å². The number of aryl methyl sites for hydroxylation is 1. The van der Waals surface area contributed by atoms with Crippen LogP contribution in [0.3, 0.4) is 0 Å². The third-order valence-electron chi connectivity index (χ3n) is 4.61. The largest absolute Gasteiger partial charge is 0.364 e. The summed E-state index contributed by atoms with van der Waals surface area (Å²) in [6, 6.07) is 13.6. The maximum Gasteiger partial charge on any atom is 0.364 e. The average molecular weight is 393 g/mol. The number of hydrogen-bond donors (Lipinski definition) is 0. The first-order valence-corrected chi connectivity index (χ1v) is 8.63. The zero-order valence-corrected chi connectivity index (χ0v) is 15.1. The van der Waals surface area contributed by atoms with Crippen LogP contribution in [0, 0.1) is 18.6 Å². The fraction of sp³-hybridized carbons (Fsp3) is 0.0455. The van der Waals surface area contributed by atoms with Crippen molar-refractivity contribution < 1.29 is 28.0 Å². The summed E-state index contributed by atoms with van der Waals surface area (Å²) < 4.78 is 27.9. The second kappa shape index (κ2) is 6.94. The molecule has 0 bridgehead atoms. The van der Waals surface area contributed by atoms with E-state index in [4.69, 9.17) is 4.84 Å². The van der Waals surface area contributed by atoms with Gasteiger partial charge < -0.3 is 4.84 Å². The molecule has 29 heavy (non-hydrogen) atoms. The minimum Gasteiger partial charge on any atom is -0.324 e. The SMILES string of the molecule is Cc1cc(F)ccc1-c1ccc(C(=O)ON2C(=O)c3ccccc3C2=O)cc1F. The number of amides is 2. The number of imide groups is 1. The highest BCUT2D eigenvalue weighted by atomic mass is 19.1. The van der Waals surface area contributed by atoms with Gasteiger partial charge in [0.1, 0.15) is 11.6 Å². The molecule has 1 heterocycles. The fourth-order valence-electron chi connectivity index (χ4n) is 3.18. The lowest BCUT2D eigenvalue weighted by atomic mass is 9.99. The first-order valence-electron chi connectivity index (χ1n) is 8.63. The van der Waals surface area contributed by atoms with Gasteiger partial charge in [-0.2, -0.15) is 0 Å². The van der Waals surface area contributed by atoms with Crippen LogP contribution in [-0.2, 0) is 4.84 Å². The summed E-state index contributed by atoms with van der Waals surface area (Å²) in [4.78, 5) is 41.8. The summed E-state index contributed by atoms with van der Waals surface area (Å²) in [6.45, 7) is 1.64. The predicted molar refractivity (Wildman–Crippen MR) is 98.9 cm³/mol. The summed E-state index contributed by atoms with van der Waals surface area (Å²) in [7, 11) is 0. The van der Waals surface area contributed by atoms with Crippen LogP contribution >= 0.6 is 0 Å². The second-order valence-electron chi connectivity index (χ2n) is 6.48. The van der Waals surface area contributed by atoms with Gasteiger partial charge in [0.25, 0.3) is 11.8 Å². The Balaban J connectivity index is 1.58. The van der Waals surface area contributed by atoms with Crippen LogP contribution in [0.4, 0.5) is 8.78 Å². The maximum absolute atomic E-state index is 14.6. The molecule has 7 heteroatoms. The van der Waals surface area contributed by atoms with Crippen molar-refractivity contribution in [3.63, 3.8) is 0 Å². The molecule has 0 N–H and O–H groups in total. The van der Waals surface area contributed by atoms with E-state index in [9.17, 15) is 23.2 Å². The van der Waals surface area contributed by atoms with Crippen molar-refractivity contribution in [2.75, 3.05) is 0 Å². The highest BCUT2D eigenvalue weighted by Gasteiger charge is 2.38. The smallest absolute Gasteiger partial charge is 0.324 e. The van der Waals surface area contributed by atoms with Gasteiger partial charge in [0.05, 0.1) is 16.7 Å². The highest BCUT2D eigenvalue weighted by Crippen LogP contribution is 2.28. The van der Waals surface area contributed by atoms with Crippen molar-refractivity contribution >= 4 is 17.8 Å². The highest BCUT2D eigenvalue weighted by molar-refractivity contribution is 6.21. The lowest BCUT2D eigenvalue weighted by molar-refractivity contribution is -0.0584. The normalized spacial score (nSPS) is 12.9. The number of benzene rings is 3. The molecular formula is C22H13F2NO4. The third kappa shape index (κ3) is 3.16. The van der Waals surface area contributed by atoms with E-state index in [-0.39, 0.29) is 22.3 Å². The second-order valence-corrected chi connectivity index (χ2v) is 6.48. The topological polar surface area (TPSA) is 63.7 Å². The number of halogens is 2. The van der Waals surface area contributed by atoms with E-state index in [0.717, 1.165) is 6.07 Å². The van der Waals surface area contributed by atoms with Crippen molar-refractivity contribution in [1.82, 2.24) is 5.06 Å². The summed E-state index contributed by atoms with van der Waals surface area (Å²) in [6.07, 6.45) is 0. The van der Waals surface area contributed by atoms with Gasteiger partial charge in [-0.05, 0) is 54.4 Å². The summed E-state index contributed by atoms with van der Waals surface area (Å²) in [5.41, 5.74) is 1.26. The van der Waals surface area contributed by atoms with E-state index >= 15 is 0 Å². The van der Waals surface area contributed by atoms with Crippen molar-refractivity contribution in [1.29, 1.82) is 0 Å². The Kier molecular flexibility index (Phi) is 4.43. The number of hydroxylamine groups is 2. The van der Waals surface area contributed by atoms with E-state index in [1.54, 1.807) is 19.1 Å². The Morgan fingerprint density at radius 3 is 2.03 bits per heavy atom. The number of carbonyl (C=O) groups is 3. The third-order valence-corrected chi connectivity index (χ3v) is 4.61. The average Bonchev–Trinajstić information content (AvgIpc) is 2.94. The Bertz CT molecular complexity index is 1150. The molecule has 0 radical (unpaired) electrons. The van der Waals surface area contributed by atoms with E-state index in [0.29, 0.717) is 16.2 Å². The van der Waals surface area contributed by atoms with E-state index < -0.39 is 29.4 Å². The first kappa shape index (κ1) is 18.5. The summed E-state index contributed by atoms with van der Waals surface area (Å²) in [5, 5.41) is 0.364. The molecule has 3 aromatic rings. The minimum absolute atomic E-state index is 0.124. The molecule has 3 aromatic carbocycles. The lowest BCUT2D eigenvalue weighted by Gasteiger charge is -2.13. The summed E-state index contributed by atoms with van der Waals surface area (Å²) in [5.74, 6) is -3.75. The number of rotatable bonds is 3. The van der Waals surface area contributed by atoms with Crippen LogP contribution in [0.15, 0.2) is 60.7 Å². The Hall–Kier alpha value is -3.87. The van der Waals surface area contributed by atoms with Gasteiger partial charge >= 0.3 is 5.97 Å². The number of fused-ring (bicyclic) bond motifs is 1. The molecule has 0 aliphatic carbocycles. The minimum atomic E-state index is -1.05. The van der Waals surface area contributed by atoms with E-state index in [2.05, 4.69) is 0 Å². The van der Waals surface area contributed by atoms with Crippen LogP contribution in [0.5, 0.6) is 0 Å². The number of nitrogens with zero attached hydrogens (tertiary/aromatic N) is 1. The molecule has 0 aromatic heterocycles. The van der Waals surface area contributed by atoms with Gasteiger partial charge in [-0.25, -0.2) is 13.6 Å².